The molecule has 0 aliphatic heterocycles. The van der Waals surface area contributed by atoms with Crippen molar-refractivity contribution < 1.29 is 9.72 Å². The second-order valence-corrected chi connectivity index (χ2v) is 3.03. The van der Waals surface area contributed by atoms with Crippen molar-refractivity contribution in [2.24, 2.45) is 4.99 Å². The molecular formula is C9H16N2O3. The van der Waals surface area contributed by atoms with E-state index in [1.165, 1.54) is 0 Å². The summed E-state index contributed by atoms with van der Waals surface area (Å²) in [5.74, 6) is 0. The Morgan fingerprint density at radius 1 is 1.43 bits per heavy atom. The lowest BCUT2D eigenvalue weighted by Gasteiger charge is -1.95. The number of aliphatic imine (C=N–C) groups is 1. The lowest BCUT2D eigenvalue weighted by molar-refractivity contribution is -0.485. The van der Waals surface area contributed by atoms with Crippen molar-refractivity contribution >= 4 is 12.5 Å². The number of nitrogens with zero attached hydrogens (tertiary/aromatic N) is 2. The van der Waals surface area contributed by atoms with Crippen LogP contribution in [0.5, 0.6) is 0 Å². The average Bonchev–Trinajstić information content (AvgIpc) is 2.16. The van der Waals surface area contributed by atoms with Crippen LogP contribution in [0.4, 0.5) is 0 Å². The maximum atomic E-state index is 10.2. The molecule has 14 heavy (non-hydrogen) atoms. The van der Waals surface area contributed by atoms with Crippen LogP contribution >= 0.6 is 0 Å². The van der Waals surface area contributed by atoms with Crippen molar-refractivity contribution in [2.75, 3.05) is 6.54 Å². The highest BCUT2D eigenvalue weighted by molar-refractivity contribution is 5.83. The third-order valence-corrected chi connectivity index (χ3v) is 1.78. The summed E-state index contributed by atoms with van der Waals surface area (Å²) < 4.78 is 0. The molecule has 0 saturated heterocycles. The van der Waals surface area contributed by atoms with E-state index in [0.717, 1.165) is 31.9 Å². The number of aldehydes is 1. The molecule has 0 heterocycles. The first-order chi connectivity index (χ1) is 6.72. The second-order valence-electron chi connectivity index (χ2n) is 3.03. The van der Waals surface area contributed by atoms with E-state index < -0.39 is 11.0 Å². The fourth-order valence-corrected chi connectivity index (χ4v) is 0.952. The topological polar surface area (TPSA) is 72.6 Å². The quantitative estimate of drug-likeness (QED) is 0.196. The first-order valence-corrected chi connectivity index (χ1v) is 4.81. The number of rotatable bonds is 8. The standard InChI is InChI=1S/C9H16N2O3/c1-2-3-4-5-6-10-7-9(8-12)11(13)14/h7-9H,2-6H2,1H3/t9-/m1/s1. The number of nitro groups is 1. The molecule has 0 spiro atoms. The molecule has 0 bridgehead atoms. The van der Waals surface area contributed by atoms with Gasteiger partial charge in [-0.2, -0.15) is 0 Å². The molecule has 0 aliphatic carbocycles. The minimum absolute atomic E-state index is 0.287. The number of carbonyl (C=O) groups is 1. The molecular weight excluding hydrogens is 184 g/mol. The minimum atomic E-state index is -1.28. The molecule has 0 saturated carbocycles. The fourth-order valence-electron chi connectivity index (χ4n) is 0.952. The van der Waals surface area contributed by atoms with Gasteiger partial charge in [-0.15, -0.1) is 0 Å². The zero-order chi connectivity index (χ0) is 10.8. The van der Waals surface area contributed by atoms with Gasteiger partial charge >= 0.3 is 6.04 Å². The highest BCUT2D eigenvalue weighted by Crippen LogP contribution is 1.98. The van der Waals surface area contributed by atoms with Crippen LogP contribution in [0.25, 0.3) is 0 Å². The van der Waals surface area contributed by atoms with Gasteiger partial charge in [-0.05, 0) is 6.42 Å². The zero-order valence-corrected chi connectivity index (χ0v) is 8.39. The predicted molar refractivity (Wildman–Crippen MR) is 54.3 cm³/mol. The van der Waals surface area contributed by atoms with Gasteiger partial charge < -0.3 is 0 Å². The molecule has 5 heteroatoms. The molecule has 0 aromatic heterocycles. The third-order valence-electron chi connectivity index (χ3n) is 1.78. The third kappa shape index (κ3) is 6.28. The van der Waals surface area contributed by atoms with Gasteiger partial charge in [0.25, 0.3) is 0 Å². The Morgan fingerprint density at radius 2 is 2.14 bits per heavy atom. The smallest absolute Gasteiger partial charge is 0.295 e. The Bertz CT molecular complexity index is 204. The van der Waals surface area contributed by atoms with Crippen LogP contribution in [0.15, 0.2) is 4.99 Å². The summed E-state index contributed by atoms with van der Waals surface area (Å²) in [5, 5.41) is 10.2. The van der Waals surface area contributed by atoms with Crippen LogP contribution in [0, 0.1) is 10.1 Å². The summed E-state index contributed by atoms with van der Waals surface area (Å²) in [4.78, 5) is 23.5. The highest BCUT2D eigenvalue weighted by atomic mass is 16.6. The molecule has 1 atom stereocenters. The SMILES string of the molecule is CCCCCCN=C[C@H](C=O)[N+](=O)[O-]. The number of unbranched alkanes of at least 4 members (excludes halogenated alkanes) is 3. The largest absolute Gasteiger partial charge is 0.301 e. The van der Waals surface area contributed by atoms with Gasteiger partial charge in [0.2, 0.25) is 0 Å². The Labute approximate surface area is 83.4 Å². The first-order valence-electron chi connectivity index (χ1n) is 4.81. The monoisotopic (exact) mass is 200 g/mol. The predicted octanol–water partition coefficient (Wildman–Crippen LogP) is 1.48. The number of hydrogen-bond donors (Lipinski definition) is 0. The molecule has 0 N–H and O–H groups in total. The molecule has 0 unspecified atom stereocenters. The van der Waals surface area contributed by atoms with Gasteiger partial charge in [0.15, 0.2) is 6.29 Å². The van der Waals surface area contributed by atoms with Gasteiger partial charge in [-0.25, -0.2) is 0 Å². The Hall–Kier alpha value is -1.26. The van der Waals surface area contributed by atoms with Crippen molar-refractivity contribution in [1.82, 2.24) is 0 Å². The van der Waals surface area contributed by atoms with Crippen molar-refractivity contribution in [1.29, 1.82) is 0 Å². The molecule has 0 aromatic rings. The van der Waals surface area contributed by atoms with E-state index in [9.17, 15) is 14.9 Å². The van der Waals surface area contributed by atoms with Crippen molar-refractivity contribution in [3.8, 4) is 0 Å². The molecule has 5 nitrogen and oxygen atoms in total. The zero-order valence-electron chi connectivity index (χ0n) is 8.39. The summed E-state index contributed by atoms with van der Waals surface area (Å²) >= 11 is 0. The number of carbonyl (C=O) groups excluding carboxylic acids is 1. The van der Waals surface area contributed by atoms with Gasteiger partial charge in [-0.3, -0.25) is 19.9 Å². The first kappa shape index (κ1) is 12.7. The van der Waals surface area contributed by atoms with Crippen molar-refractivity contribution in [3.05, 3.63) is 10.1 Å². The highest BCUT2D eigenvalue weighted by Gasteiger charge is 2.13. The summed E-state index contributed by atoms with van der Waals surface area (Å²) in [5.41, 5.74) is 0. The lowest BCUT2D eigenvalue weighted by atomic mass is 10.2. The van der Waals surface area contributed by atoms with E-state index >= 15 is 0 Å². The maximum Gasteiger partial charge on any atom is 0.301 e. The van der Waals surface area contributed by atoms with Crippen molar-refractivity contribution in [3.63, 3.8) is 0 Å². The van der Waals surface area contributed by atoms with Crippen LogP contribution in [-0.4, -0.2) is 30.0 Å². The Balaban J connectivity index is 3.59. The molecule has 0 radical (unpaired) electrons. The average molecular weight is 200 g/mol. The maximum absolute atomic E-state index is 10.2. The normalized spacial score (nSPS) is 12.9. The van der Waals surface area contributed by atoms with Crippen LogP contribution in [0.3, 0.4) is 0 Å². The van der Waals surface area contributed by atoms with Crippen LogP contribution in [0.2, 0.25) is 0 Å². The molecule has 0 aromatic carbocycles. The summed E-state index contributed by atoms with van der Waals surface area (Å²) in [6.45, 7) is 2.68. The molecule has 0 rings (SSSR count). The van der Waals surface area contributed by atoms with E-state index in [2.05, 4.69) is 11.9 Å². The molecule has 80 valence electrons. The Kier molecular flexibility index (Phi) is 7.59. The van der Waals surface area contributed by atoms with Crippen LogP contribution in [0.1, 0.15) is 32.6 Å². The summed E-state index contributed by atoms with van der Waals surface area (Å²) in [6, 6.07) is -1.28. The van der Waals surface area contributed by atoms with Gasteiger partial charge in [0.05, 0.1) is 6.21 Å². The fraction of sp³-hybridized carbons (Fsp3) is 0.778. The van der Waals surface area contributed by atoms with E-state index in [4.69, 9.17) is 0 Å². The lowest BCUT2D eigenvalue weighted by Crippen LogP contribution is -2.22. The Morgan fingerprint density at radius 3 is 2.64 bits per heavy atom. The number of hydrogen-bond acceptors (Lipinski definition) is 4. The van der Waals surface area contributed by atoms with Gasteiger partial charge in [-0.1, -0.05) is 26.2 Å². The molecule has 0 fully saturated rings. The summed E-state index contributed by atoms with van der Waals surface area (Å²) in [7, 11) is 0. The van der Waals surface area contributed by atoms with E-state index in [1.807, 2.05) is 0 Å². The van der Waals surface area contributed by atoms with Gasteiger partial charge in [0, 0.05) is 11.5 Å². The van der Waals surface area contributed by atoms with Crippen molar-refractivity contribution in [2.45, 2.75) is 38.6 Å². The summed E-state index contributed by atoms with van der Waals surface area (Å²) in [6.07, 6.45) is 5.71. The molecule has 0 aliphatic rings. The van der Waals surface area contributed by atoms with E-state index in [1.54, 1.807) is 0 Å². The van der Waals surface area contributed by atoms with E-state index in [0.29, 0.717) is 6.54 Å². The van der Waals surface area contributed by atoms with Crippen LogP contribution in [-0.2, 0) is 4.79 Å². The second kappa shape index (κ2) is 8.34. The van der Waals surface area contributed by atoms with E-state index in [-0.39, 0.29) is 6.29 Å². The molecule has 0 amide bonds. The minimum Gasteiger partial charge on any atom is -0.295 e. The van der Waals surface area contributed by atoms with Gasteiger partial charge in [0.1, 0.15) is 0 Å². The van der Waals surface area contributed by atoms with Crippen LogP contribution < -0.4 is 0 Å².